The van der Waals surface area contributed by atoms with E-state index in [9.17, 15) is 73.8 Å². The molecule has 7 aliphatic rings. The van der Waals surface area contributed by atoms with Gasteiger partial charge in [0.25, 0.3) is 11.8 Å². The highest BCUT2D eigenvalue weighted by atomic mass is 127. The SMILES string of the molecule is CCN(C(C)=O)[C@H]1CO[C@@H](O[C@H]2[C@H](O[C@H]3C#C/C=C\C#C[C@]4(O)CC(=O)C(NC(C)=O)=C3C4=CCSSC(C)(C)CCC(=O)NCCNC(=O)CCOCCOCCOCCOCCOCCOCCOCCOCCNC(=O)CCN3C(=O)C=CC3=O)O[C@H](C)[C@@H](NO[C@H]3C[C@H](O)[C@H](SC(=O)c4c(C)c(I)c(O[C@@H]5O[C@@H](C)[C@H](O)[C@@H](CO)[C@H]5O)c(OC)c4OC)[C@@H](C)O3)[C@@H]2O)C[C@@H]1OC. The first-order chi connectivity index (χ1) is 64.7. The van der Waals surface area contributed by atoms with E-state index < -0.39 is 161 Å². The van der Waals surface area contributed by atoms with Crippen LogP contribution in [0.4, 0.5) is 0 Å². The number of aliphatic hydroxyl groups is 6. The van der Waals surface area contributed by atoms with E-state index in [1.807, 2.05) is 43.4 Å². The number of aliphatic hydroxyl groups excluding tert-OH is 5. The Hall–Kier alpha value is -6.61. The highest BCUT2D eigenvalue weighted by Crippen LogP contribution is 2.50. The van der Waals surface area contributed by atoms with Crippen molar-refractivity contribution in [3.63, 3.8) is 0 Å². The maximum absolute atomic E-state index is 14.6. The second-order valence-corrected chi connectivity index (χ2v) is 38.0. The fourth-order valence-electron chi connectivity index (χ4n) is 15.3. The molecule has 11 N–H and O–H groups in total. The second-order valence-electron chi connectivity index (χ2n) is 32.7. The molecule has 7 amide bonds. The van der Waals surface area contributed by atoms with Gasteiger partial charge < -0.3 is 142 Å². The number of carbonyl (C=O) groups is 9. The third-order valence-electron chi connectivity index (χ3n) is 22.4. The lowest BCUT2D eigenvalue weighted by molar-refractivity contribution is -0.337. The number of imide groups is 1. The highest BCUT2D eigenvalue weighted by molar-refractivity contribution is 14.1. The Balaban J connectivity index is 0.766. The molecule has 2 aliphatic carbocycles. The van der Waals surface area contributed by atoms with E-state index >= 15 is 0 Å². The van der Waals surface area contributed by atoms with Crippen LogP contribution in [0.2, 0.25) is 0 Å². The van der Waals surface area contributed by atoms with Crippen molar-refractivity contribution in [3.8, 4) is 40.9 Å². The molecule has 756 valence electrons. The summed E-state index contributed by atoms with van der Waals surface area (Å²) in [5, 5.41) is 78.7. The average Bonchev–Trinajstić information content (AvgIpc) is 1.10. The Kier molecular flexibility index (Phi) is 49.3. The molecule has 0 saturated carbocycles. The molecular weight excluding hydrogens is 1950 g/mol. The Morgan fingerprint density at radius 3 is 1.82 bits per heavy atom. The molecular formula is C90H132IN7O34S3. The number of ketones is 1. The molecule has 0 spiro atoms. The first-order valence-electron chi connectivity index (χ1n) is 44.9. The molecule has 4 fully saturated rings. The van der Waals surface area contributed by atoms with Gasteiger partial charge in [-0.1, -0.05) is 63.1 Å². The summed E-state index contributed by atoms with van der Waals surface area (Å²) in [5.41, 5.74) is 0.928. The van der Waals surface area contributed by atoms with Crippen LogP contribution in [-0.4, -0.2) is 385 Å². The zero-order chi connectivity index (χ0) is 98.3. The Bertz CT molecular complexity index is 4290. The largest absolute Gasteiger partial charge is 0.492 e. The Morgan fingerprint density at radius 1 is 0.681 bits per heavy atom. The molecule has 0 radical (unpaired) electrons. The molecule has 2 bridgehead atoms. The van der Waals surface area contributed by atoms with E-state index in [0.717, 1.165) is 16.7 Å². The van der Waals surface area contributed by atoms with E-state index in [0.29, 0.717) is 115 Å². The summed E-state index contributed by atoms with van der Waals surface area (Å²) in [4.78, 5) is 125. The summed E-state index contributed by atoms with van der Waals surface area (Å²) in [6.07, 6.45) is -10.7. The van der Waals surface area contributed by atoms with Gasteiger partial charge >= 0.3 is 0 Å². The maximum Gasteiger partial charge on any atom is 0.253 e. The molecule has 45 heteroatoms. The number of methoxy groups -OCH3 is 3. The number of halogens is 1. The molecule has 8 rings (SSSR count). The van der Waals surface area contributed by atoms with Gasteiger partial charge in [-0.15, -0.1) is 0 Å². The number of nitrogens with one attached hydrogen (secondary N) is 5. The van der Waals surface area contributed by atoms with E-state index in [2.05, 4.69) is 50.4 Å². The number of likely N-dealkylation sites (N-methyl/N-ethyl adjacent to an activating group) is 1. The number of benzene rings is 1. The zero-order valence-electron chi connectivity index (χ0n) is 78.3. The molecule has 0 aromatic heterocycles. The minimum absolute atomic E-state index is 0.0164. The number of hydrogen-bond acceptors (Lipinski definition) is 38. The number of fused-ring (bicyclic) bond motifs is 2. The van der Waals surface area contributed by atoms with Crippen molar-refractivity contribution >= 4 is 108 Å². The van der Waals surface area contributed by atoms with Crippen molar-refractivity contribution in [3.05, 3.63) is 61.9 Å². The van der Waals surface area contributed by atoms with Crippen molar-refractivity contribution in [2.45, 2.75) is 221 Å². The number of allylic oxidation sites excluding steroid dienone is 3. The van der Waals surface area contributed by atoms with Gasteiger partial charge in [0, 0.05) is 126 Å². The van der Waals surface area contributed by atoms with E-state index in [1.165, 1.54) is 81.1 Å². The van der Waals surface area contributed by atoms with Crippen LogP contribution in [-0.2, 0) is 114 Å². The van der Waals surface area contributed by atoms with Gasteiger partial charge in [-0.2, -0.15) is 5.48 Å². The quantitative estimate of drug-likeness (QED) is 0.0109. The smallest absolute Gasteiger partial charge is 0.253 e. The molecule has 1 aromatic carbocycles. The molecule has 5 aliphatic heterocycles. The minimum Gasteiger partial charge on any atom is -0.492 e. The number of carbonyl (C=O) groups excluding carboxylic acids is 9. The molecule has 41 nitrogen and oxygen atoms in total. The maximum atomic E-state index is 14.6. The van der Waals surface area contributed by atoms with Gasteiger partial charge in [0.15, 0.2) is 41.8 Å². The number of thioether (sulfide) groups is 1. The standard InChI is InChI=1S/C90H132IN7O34S3/c1-13-97(58(7)101)61-52-125-71(49-65(61)114-10)130-83-80(111)76(96-132-72-48-62(102)85(56(5)126-72)134-86(112)73-53(2)75(91)82(84(116-12)81(73)115-11)131-87-79(110)59(51-99)78(109)55(4)128-87)54(3)127-88(83)129-64-18-16-14-15-17-25-90(113)50-63(103)77(95-57(6)100)74(64)60(90)24-47-133-135-89(8,9)26-21-66(104)92-27-28-93-68(106)23-31-117-33-35-119-37-39-121-41-43-123-45-46-124-44-42-122-40-38-120-36-34-118-32-29-94-67(105)22-30-98-69(107)19-20-70(98)108/h14-15,19-20,24,54-56,59,61-62,64-65,71-72,76,78-80,83,85,87-88,96,99,102,109-111,113H,13,21-23,26-52H2,1-12H3,(H,92,104)(H,93,106)(H,94,105)(H,95,100)/b15-14-,60-24?/t54-,55+,56-,59-,61+,62+,64+,65+,71+,72+,76-,78+,79-,80+,83-,85-,87+,88+,90+/m1/s1. The summed E-state index contributed by atoms with van der Waals surface area (Å²) in [6, 6.07) is -1.73. The summed E-state index contributed by atoms with van der Waals surface area (Å²) in [6.45, 7) is 20.8. The lowest BCUT2D eigenvalue weighted by Crippen LogP contribution is -2.65. The van der Waals surface area contributed by atoms with Crippen molar-refractivity contribution in [1.82, 2.24) is 36.5 Å². The van der Waals surface area contributed by atoms with Gasteiger partial charge in [0.1, 0.15) is 24.4 Å². The van der Waals surface area contributed by atoms with Gasteiger partial charge in [-0.25, -0.2) is 0 Å². The summed E-state index contributed by atoms with van der Waals surface area (Å²) in [5.74, 6) is 7.59. The van der Waals surface area contributed by atoms with Crippen LogP contribution in [0, 0.1) is 40.1 Å². The topological polar surface area (TPSA) is 517 Å². The minimum atomic E-state index is -2.19. The molecule has 1 aromatic rings. The first-order valence-corrected chi connectivity index (χ1v) is 49.2. The van der Waals surface area contributed by atoms with Crippen LogP contribution in [0.25, 0.3) is 0 Å². The Morgan fingerprint density at radius 2 is 1.25 bits per heavy atom. The third kappa shape index (κ3) is 35.0. The number of hydrogen-bond donors (Lipinski definition) is 11. The molecule has 4 saturated heterocycles. The average molecular weight is 2080 g/mol. The fourth-order valence-corrected chi connectivity index (χ4v) is 19.5. The van der Waals surface area contributed by atoms with Gasteiger partial charge in [-0.3, -0.25) is 52.9 Å². The van der Waals surface area contributed by atoms with Gasteiger partial charge in [0.2, 0.25) is 46.7 Å². The number of nitrogens with zero attached hydrogens (tertiary/aromatic N) is 2. The highest BCUT2D eigenvalue weighted by Gasteiger charge is 2.53. The normalized spacial score (nSPS) is 27.3. The van der Waals surface area contributed by atoms with Crippen LogP contribution >= 0.6 is 55.9 Å². The molecule has 135 heavy (non-hydrogen) atoms. The first kappa shape index (κ1) is 114. The number of rotatable bonds is 58. The second kappa shape index (κ2) is 58.6. The lowest BCUT2D eigenvalue weighted by atomic mass is 9.75. The molecule has 5 heterocycles. The van der Waals surface area contributed by atoms with E-state index in [4.69, 9.17) is 90.1 Å². The van der Waals surface area contributed by atoms with Crippen molar-refractivity contribution < 1.29 is 164 Å². The fraction of sp³-hybridized carbons (Fsp3) is 0.700. The van der Waals surface area contributed by atoms with Crippen LogP contribution in [0.5, 0.6) is 17.2 Å². The number of hydroxylamine groups is 1. The predicted molar refractivity (Wildman–Crippen MR) is 498 cm³/mol. The van der Waals surface area contributed by atoms with E-state index in [-0.39, 0.29) is 147 Å². The zero-order valence-corrected chi connectivity index (χ0v) is 82.9. The van der Waals surface area contributed by atoms with Crippen molar-refractivity contribution in [2.75, 3.05) is 179 Å². The van der Waals surface area contributed by atoms with Crippen LogP contribution in [0.3, 0.4) is 0 Å². The summed E-state index contributed by atoms with van der Waals surface area (Å²) in [7, 11) is 6.99. The van der Waals surface area contributed by atoms with Crippen LogP contribution in [0.15, 0.2) is 47.2 Å². The van der Waals surface area contributed by atoms with Gasteiger partial charge in [0.05, 0.1) is 208 Å². The summed E-state index contributed by atoms with van der Waals surface area (Å²) >= 11 is 2.75. The predicted octanol–water partition coefficient (Wildman–Crippen LogP) is 1.30. The number of amides is 7. The van der Waals surface area contributed by atoms with E-state index in [1.54, 1.807) is 38.7 Å². The van der Waals surface area contributed by atoms with Crippen molar-refractivity contribution in [1.29, 1.82) is 0 Å². The molecule has 0 unspecified atom stereocenters. The van der Waals surface area contributed by atoms with Gasteiger partial charge in [-0.05, 0) is 95.2 Å². The third-order valence-corrected chi connectivity index (χ3v) is 28.3. The van der Waals surface area contributed by atoms with Crippen LogP contribution < -0.4 is 41.0 Å². The molecule has 19 atom stereocenters. The van der Waals surface area contributed by atoms with Crippen molar-refractivity contribution in [2.24, 2.45) is 5.92 Å². The monoisotopic (exact) mass is 2080 g/mol. The number of ether oxygens (including phenoxy) is 18. The van der Waals surface area contributed by atoms with Crippen LogP contribution in [0.1, 0.15) is 116 Å². The number of Topliss-reactive ketones (excluding diaryl/α,β-unsaturated/α-hetero) is 1. The Labute approximate surface area is 812 Å². The summed E-state index contributed by atoms with van der Waals surface area (Å²) < 4.78 is 106. The lowest BCUT2D eigenvalue weighted by Gasteiger charge is -2.47.